The van der Waals surface area contributed by atoms with Gasteiger partial charge in [0.1, 0.15) is 0 Å². The number of halogens is 2. The molecule has 0 atom stereocenters. The Morgan fingerprint density at radius 3 is 2.79 bits per heavy atom. The number of hydrogen-bond donors (Lipinski definition) is 0. The highest BCUT2D eigenvalue weighted by Gasteiger charge is 2.06. The molecular formula is C9H7BrClN3. The van der Waals surface area contributed by atoms with Gasteiger partial charge in [0.05, 0.1) is 0 Å². The predicted molar refractivity (Wildman–Crippen MR) is 59.1 cm³/mol. The van der Waals surface area contributed by atoms with E-state index in [1.165, 1.54) is 0 Å². The van der Waals surface area contributed by atoms with Gasteiger partial charge in [-0.05, 0) is 28.1 Å². The fraction of sp³-hybridized carbons (Fsp3) is 0.111. The summed E-state index contributed by atoms with van der Waals surface area (Å²) >= 11 is 9.16. The van der Waals surface area contributed by atoms with Crippen LogP contribution in [0.15, 0.2) is 29.0 Å². The van der Waals surface area contributed by atoms with Gasteiger partial charge >= 0.3 is 0 Å². The number of aryl methyl sites for hydroxylation is 1. The van der Waals surface area contributed by atoms with Crippen LogP contribution in [0, 0.1) is 0 Å². The van der Waals surface area contributed by atoms with Crippen molar-refractivity contribution in [1.29, 1.82) is 0 Å². The van der Waals surface area contributed by atoms with Crippen molar-refractivity contribution in [2.45, 2.75) is 0 Å². The van der Waals surface area contributed by atoms with Gasteiger partial charge in [-0.2, -0.15) is 5.10 Å². The summed E-state index contributed by atoms with van der Waals surface area (Å²) in [4.78, 5) is 4.23. The maximum Gasteiger partial charge on any atom is 0.195 e. The first-order valence-electron chi connectivity index (χ1n) is 3.99. The van der Waals surface area contributed by atoms with E-state index in [0.29, 0.717) is 15.6 Å². The smallest absolute Gasteiger partial charge is 0.195 e. The van der Waals surface area contributed by atoms with E-state index >= 15 is 0 Å². The van der Waals surface area contributed by atoms with Gasteiger partial charge in [-0.25, -0.2) is 9.67 Å². The molecular weight excluding hydrogens is 265 g/mol. The Kier molecular flexibility index (Phi) is 2.56. The van der Waals surface area contributed by atoms with Gasteiger partial charge in [-0.15, -0.1) is 0 Å². The molecule has 0 aliphatic rings. The molecule has 0 spiro atoms. The van der Waals surface area contributed by atoms with Crippen molar-refractivity contribution in [1.82, 2.24) is 14.8 Å². The van der Waals surface area contributed by atoms with E-state index < -0.39 is 0 Å². The summed E-state index contributed by atoms with van der Waals surface area (Å²) in [5.74, 6) is 0.668. The Morgan fingerprint density at radius 1 is 1.43 bits per heavy atom. The molecule has 1 heterocycles. The molecule has 0 aliphatic carbocycles. The molecule has 0 saturated heterocycles. The molecule has 72 valence electrons. The monoisotopic (exact) mass is 271 g/mol. The minimum atomic E-state index is 0.668. The second kappa shape index (κ2) is 3.71. The summed E-state index contributed by atoms with van der Waals surface area (Å²) in [5.41, 5.74) is 0.916. The maximum atomic E-state index is 5.87. The average molecular weight is 273 g/mol. The van der Waals surface area contributed by atoms with Crippen molar-refractivity contribution >= 4 is 27.5 Å². The number of nitrogens with zero attached hydrogens (tertiary/aromatic N) is 3. The molecule has 0 fully saturated rings. The topological polar surface area (TPSA) is 30.7 Å². The average Bonchev–Trinajstić information content (AvgIpc) is 2.47. The highest BCUT2D eigenvalue weighted by molar-refractivity contribution is 9.10. The van der Waals surface area contributed by atoms with E-state index in [1.54, 1.807) is 4.68 Å². The van der Waals surface area contributed by atoms with Gasteiger partial charge < -0.3 is 0 Å². The molecule has 0 bridgehead atoms. The first kappa shape index (κ1) is 9.68. The van der Waals surface area contributed by atoms with Crippen LogP contribution in [0.5, 0.6) is 0 Å². The van der Waals surface area contributed by atoms with E-state index in [-0.39, 0.29) is 0 Å². The highest BCUT2D eigenvalue weighted by Crippen LogP contribution is 2.20. The number of benzene rings is 1. The van der Waals surface area contributed by atoms with Gasteiger partial charge in [-0.1, -0.05) is 23.7 Å². The van der Waals surface area contributed by atoms with Crippen LogP contribution in [0.4, 0.5) is 0 Å². The SMILES string of the molecule is Cn1nc(-c2cccc(Cl)c2)nc1Br. The molecule has 0 amide bonds. The summed E-state index contributed by atoms with van der Waals surface area (Å²) in [5, 5.41) is 4.91. The molecule has 0 unspecified atom stereocenters. The van der Waals surface area contributed by atoms with Gasteiger partial charge in [0.15, 0.2) is 10.6 Å². The van der Waals surface area contributed by atoms with Crippen LogP contribution in [0.3, 0.4) is 0 Å². The lowest BCUT2D eigenvalue weighted by Crippen LogP contribution is -1.89. The van der Waals surface area contributed by atoms with E-state index in [1.807, 2.05) is 31.3 Å². The van der Waals surface area contributed by atoms with Crippen LogP contribution in [0.1, 0.15) is 0 Å². The third kappa shape index (κ3) is 1.81. The molecule has 0 N–H and O–H groups in total. The fourth-order valence-electron chi connectivity index (χ4n) is 1.12. The van der Waals surface area contributed by atoms with E-state index in [0.717, 1.165) is 5.56 Å². The Morgan fingerprint density at radius 2 is 2.21 bits per heavy atom. The number of rotatable bonds is 1. The van der Waals surface area contributed by atoms with Crippen LogP contribution in [0.25, 0.3) is 11.4 Å². The van der Waals surface area contributed by atoms with Crippen molar-refractivity contribution in [2.75, 3.05) is 0 Å². The van der Waals surface area contributed by atoms with Gasteiger partial charge in [0.2, 0.25) is 0 Å². The quantitative estimate of drug-likeness (QED) is 0.799. The third-order valence-corrected chi connectivity index (χ3v) is 2.72. The second-order valence-corrected chi connectivity index (χ2v) is 3.98. The molecule has 3 nitrogen and oxygen atoms in total. The minimum absolute atomic E-state index is 0.668. The van der Waals surface area contributed by atoms with Gasteiger partial charge in [0, 0.05) is 17.6 Å². The van der Waals surface area contributed by atoms with E-state index in [9.17, 15) is 0 Å². The van der Waals surface area contributed by atoms with Crippen molar-refractivity contribution in [2.24, 2.45) is 7.05 Å². The van der Waals surface area contributed by atoms with Crippen molar-refractivity contribution in [3.8, 4) is 11.4 Å². The zero-order valence-electron chi connectivity index (χ0n) is 7.41. The molecule has 14 heavy (non-hydrogen) atoms. The van der Waals surface area contributed by atoms with Crippen LogP contribution < -0.4 is 0 Å². The molecule has 0 saturated carbocycles. The Labute approximate surface area is 94.9 Å². The lowest BCUT2D eigenvalue weighted by Gasteiger charge is -1.94. The van der Waals surface area contributed by atoms with Gasteiger partial charge in [0.25, 0.3) is 0 Å². The maximum absolute atomic E-state index is 5.87. The standard InChI is InChI=1S/C9H7BrClN3/c1-14-9(10)12-8(13-14)6-3-2-4-7(11)5-6/h2-5H,1H3. The summed E-state index contributed by atoms with van der Waals surface area (Å²) in [6, 6.07) is 7.46. The van der Waals surface area contributed by atoms with Crippen molar-refractivity contribution in [3.05, 3.63) is 34.0 Å². The summed E-state index contributed by atoms with van der Waals surface area (Å²) in [7, 11) is 1.82. The second-order valence-electron chi connectivity index (χ2n) is 2.84. The first-order chi connectivity index (χ1) is 6.66. The normalized spacial score (nSPS) is 10.5. The largest absolute Gasteiger partial charge is 0.243 e. The Bertz CT molecular complexity index is 447. The lowest BCUT2D eigenvalue weighted by molar-refractivity contribution is 0.747. The number of aromatic nitrogens is 3. The molecule has 5 heteroatoms. The van der Waals surface area contributed by atoms with Crippen molar-refractivity contribution < 1.29 is 0 Å². The number of hydrogen-bond acceptors (Lipinski definition) is 2. The Balaban J connectivity index is 2.49. The first-order valence-corrected chi connectivity index (χ1v) is 5.16. The van der Waals surface area contributed by atoms with E-state index in [4.69, 9.17) is 11.6 Å². The Hall–Kier alpha value is -0.870. The molecule has 0 aliphatic heterocycles. The van der Waals surface area contributed by atoms with Crippen LogP contribution in [-0.2, 0) is 7.05 Å². The molecule has 1 aromatic heterocycles. The summed E-state index contributed by atoms with van der Waals surface area (Å²) in [6.07, 6.45) is 0. The zero-order valence-corrected chi connectivity index (χ0v) is 9.75. The fourth-order valence-corrected chi connectivity index (χ4v) is 1.55. The summed E-state index contributed by atoms with van der Waals surface area (Å²) < 4.78 is 2.36. The van der Waals surface area contributed by atoms with Crippen molar-refractivity contribution in [3.63, 3.8) is 0 Å². The lowest BCUT2D eigenvalue weighted by atomic mass is 10.2. The third-order valence-electron chi connectivity index (χ3n) is 1.79. The van der Waals surface area contributed by atoms with Gasteiger partial charge in [-0.3, -0.25) is 0 Å². The van der Waals surface area contributed by atoms with E-state index in [2.05, 4.69) is 26.0 Å². The molecule has 2 aromatic rings. The van der Waals surface area contributed by atoms with Crippen LogP contribution in [0.2, 0.25) is 5.02 Å². The van der Waals surface area contributed by atoms with Crippen LogP contribution >= 0.6 is 27.5 Å². The predicted octanol–water partition coefficient (Wildman–Crippen LogP) is 2.90. The summed E-state index contributed by atoms with van der Waals surface area (Å²) in [6.45, 7) is 0. The molecule has 2 rings (SSSR count). The molecule has 1 aromatic carbocycles. The zero-order chi connectivity index (χ0) is 10.1. The highest BCUT2D eigenvalue weighted by atomic mass is 79.9. The molecule has 0 radical (unpaired) electrons. The minimum Gasteiger partial charge on any atom is -0.243 e. The van der Waals surface area contributed by atoms with Crippen LogP contribution in [-0.4, -0.2) is 14.8 Å².